The molecule has 0 fully saturated rings. The maximum atomic E-state index is 6.27. The van der Waals surface area contributed by atoms with Gasteiger partial charge < -0.3 is 9.64 Å². The lowest BCUT2D eigenvalue weighted by atomic mass is 9.81. The molecule has 3 aromatic rings. The molecule has 0 radical (unpaired) electrons. The summed E-state index contributed by atoms with van der Waals surface area (Å²) in [5, 5.41) is 1.22. The first-order chi connectivity index (χ1) is 15.1. The Morgan fingerprint density at radius 3 is 2.42 bits per heavy atom. The highest BCUT2D eigenvalue weighted by Crippen LogP contribution is 2.42. The number of methoxy groups -OCH3 is 1. The topological polar surface area (TPSA) is 37.2 Å². The third kappa shape index (κ3) is 3.50. The number of halogens is 2. The summed E-state index contributed by atoms with van der Waals surface area (Å²) < 4.78 is 5.52. The van der Waals surface area contributed by atoms with E-state index in [0.29, 0.717) is 10.0 Å². The van der Waals surface area contributed by atoms with Crippen molar-refractivity contribution in [3.63, 3.8) is 0 Å². The number of hydrogen-bond donors (Lipinski definition) is 0. The van der Waals surface area contributed by atoms with Crippen LogP contribution in [0.5, 0.6) is 5.75 Å². The molecule has 2 aliphatic rings. The van der Waals surface area contributed by atoms with Crippen LogP contribution in [0.25, 0.3) is 11.1 Å². The summed E-state index contributed by atoms with van der Waals surface area (Å²) in [5.41, 5.74) is 3.31. The van der Waals surface area contributed by atoms with Crippen LogP contribution in [0, 0.1) is 0 Å². The van der Waals surface area contributed by atoms with Crippen molar-refractivity contribution >= 4 is 35.4 Å². The Morgan fingerprint density at radius 1 is 0.903 bits per heavy atom. The highest BCUT2D eigenvalue weighted by Gasteiger charge is 2.46. The van der Waals surface area contributed by atoms with Gasteiger partial charge >= 0.3 is 0 Å². The van der Waals surface area contributed by atoms with Crippen LogP contribution in [0.15, 0.2) is 76.7 Å². The van der Waals surface area contributed by atoms with E-state index in [1.165, 1.54) is 0 Å². The van der Waals surface area contributed by atoms with Gasteiger partial charge in [0.25, 0.3) is 0 Å². The lowest BCUT2D eigenvalue weighted by Gasteiger charge is -2.33. The summed E-state index contributed by atoms with van der Waals surface area (Å²) in [5.74, 6) is 1.74. The predicted octanol–water partition coefficient (Wildman–Crippen LogP) is 6.06. The summed E-state index contributed by atoms with van der Waals surface area (Å²) in [6.07, 6.45) is 2.94. The van der Waals surface area contributed by atoms with E-state index in [4.69, 9.17) is 37.9 Å². The van der Waals surface area contributed by atoms with E-state index >= 15 is 0 Å². The molecule has 1 atom stereocenters. The third-order valence-electron chi connectivity index (χ3n) is 5.77. The van der Waals surface area contributed by atoms with Crippen LogP contribution < -0.4 is 4.74 Å². The number of hydrogen-bond acceptors (Lipinski definition) is 4. The molecular formula is C25H21Cl2N3O. The van der Waals surface area contributed by atoms with Crippen molar-refractivity contribution < 1.29 is 4.74 Å². The number of fused-ring (bicyclic) bond motifs is 1. The van der Waals surface area contributed by atoms with Crippen molar-refractivity contribution in [1.29, 1.82) is 0 Å². The van der Waals surface area contributed by atoms with Crippen LogP contribution in [0.2, 0.25) is 10.0 Å². The molecule has 0 saturated carbocycles. The highest BCUT2D eigenvalue weighted by atomic mass is 35.5. The number of ether oxygens (including phenoxy) is 1. The minimum atomic E-state index is -0.729. The van der Waals surface area contributed by atoms with Crippen LogP contribution in [0.4, 0.5) is 0 Å². The fourth-order valence-electron chi connectivity index (χ4n) is 4.34. The predicted molar refractivity (Wildman–Crippen MR) is 128 cm³/mol. The Bertz CT molecular complexity index is 1190. The molecule has 2 heterocycles. The van der Waals surface area contributed by atoms with Gasteiger partial charge in [0.15, 0.2) is 5.54 Å². The van der Waals surface area contributed by atoms with E-state index in [9.17, 15) is 0 Å². The number of rotatable bonds is 4. The summed E-state index contributed by atoms with van der Waals surface area (Å²) in [6.45, 7) is 1.71. The fraction of sp³-hybridized carbons (Fsp3) is 0.200. The number of benzene rings is 3. The molecule has 4 nitrogen and oxygen atoms in total. The molecule has 0 N–H and O–H groups in total. The SMILES string of the molecule is COc1cccc(C2(c3cccc(-c4cc(Cl)cc(Cl)c4)c3)N=CN3CCCN=C32)c1. The van der Waals surface area contributed by atoms with Crippen molar-refractivity contribution in [2.24, 2.45) is 9.98 Å². The first kappa shape index (κ1) is 20.1. The molecule has 0 aliphatic carbocycles. The van der Waals surface area contributed by atoms with Gasteiger partial charge in [-0.15, -0.1) is 0 Å². The van der Waals surface area contributed by atoms with Crippen LogP contribution in [-0.4, -0.2) is 37.3 Å². The van der Waals surface area contributed by atoms with E-state index in [0.717, 1.165) is 53.3 Å². The number of amidine groups is 1. The maximum absolute atomic E-state index is 6.27. The quantitative estimate of drug-likeness (QED) is 0.485. The normalized spacial score (nSPS) is 19.8. The molecule has 31 heavy (non-hydrogen) atoms. The monoisotopic (exact) mass is 449 g/mol. The fourth-order valence-corrected chi connectivity index (χ4v) is 4.86. The molecule has 3 aromatic carbocycles. The smallest absolute Gasteiger partial charge is 0.170 e. The van der Waals surface area contributed by atoms with E-state index in [2.05, 4.69) is 29.2 Å². The van der Waals surface area contributed by atoms with Gasteiger partial charge in [-0.3, -0.25) is 9.98 Å². The van der Waals surface area contributed by atoms with Crippen molar-refractivity contribution in [3.8, 4) is 16.9 Å². The third-order valence-corrected chi connectivity index (χ3v) is 6.21. The molecule has 0 aromatic heterocycles. The van der Waals surface area contributed by atoms with Crippen molar-refractivity contribution in [2.45, 2.75) is 12.0 Å². The zero-order chi connectivity index (χ0) is 21.4. The second-order valence-corrected chi connectivity index (χ2v) is 8.55. The Hall–Kier alpha value is -2.82. The van der Waals surface area contributed by atoms with Crippen molar-refractivity contribution in [2.75, 3.05) is 20.2 Å². The highest BCUT2D eigenvalue weighted by molar-refractivity contribution is 6.35. The molecular weight excluding hydrogens is 429 g/mol. The standard InChI is InChI=1S/C25H21Cl2N3O/c1-31-23-8-3-7-20(14-23)25(24-28-9-4-10-30(24)16-29-25)19-6-2-5-17(11-19)18-12-21(26)15-22(27)13-18/h2-3,5-8,11-16H,4,9-10H2,1H3. The number of nitrogens with zero attached hydrogens (tertiary/aromatic N) is 3. The molecule has 1 unspecified atom stereocenters. The van der Waals surface area contributed by atoms with Crippen molar-refractivity contribution in [3.05, 3.63) is 87.9 Å². The average Bonchev–Trinajstić information content (AvgIpc) is 3.19. The molecule has 2 aliphatic heterocycles. The van der Waals surface area contributed by atoms with Gasteiger partial charge in [0.2, 0.25) is 0 Å². The lowest BCUT2D eigenvalue weighted by molar-refractivity contribution is 0.413. The second kappa shape index (κ2) is 8.03. The maximum Gasteiger partial charge on any atom is 0.170 e. The van der Waals surface area contributed by atoms with Gasteiger partial charge in [-0.1, -0.05) is 53.5 Å². The minimum absolute atomic E-state index is 0.608. The van der Waals surface area contributed by atoms with Crippen LogP contribution >= 0.6 is 23.2 Å². The molecule has 5 rings (SSSR count). The molecule has 156 valence electrons. The van der Waals surface area contributed by atoms with Gasteiger partial charge in [-0.05, 0) is 65.1 Å². The Kier molecular flexibility index (Phi) is 5.20. The molecule has 6 heteroatoms. The summed E-state index contributed by atoms with van der Waals surface area (Å²) >= 11 is 12.5. The van der Waals surface area contributed by atoms with E-state index in [-0.39, 0.29) is 0 Å². The first-order valence-electron chi connectivity index (χ1n) is 10.2. The summed E-state index contributed by atoms with van der Waals surface area (Å²) in [6, 6.07) is 22.0. The largest absolute Gasteiger partial charge is 0.497 e. The van der Waals surface area contributed by atoms with E-state index < -0.39 is 5.54 Å². The van der Waals surface area contributed by atoms with Gasteiger partial charge in [-0.2, -0.15) is 0 Å². The van der Waals surface area contributed by atoms with Gasteiger partial charge in [0.1, 0.15) is 11.6 Å². The van der Waals surface area contributed by atoms with E-state index in [1.807, 2.05) is 42.7 Å². The average molecular weight is 450 g/mol. The molecule has 0 spiro atoms. The van der Waals surface area contributed by atoms with E-state index in [1.54, 1.807) is 13.2 Å². The van der Waals surface area contributed by atoms with Crippen LogP contribution in [0.3, 0.4) is 0 Å². The molecule has 0 saturated heterocycles. The summed E-state index contributed by atoms with van der Waals surface area (Å²) in [4.78, 5) is 12.1. The zero-order valence-electron chi connectivity index (χ0n) is 17.1. The Balaban J connectivity index is 1.72. The number of aliphatic imine (C=N–C) groups is 2. The molecule has 0 bridgehead atoms. The lowest BCUT2D eigenvalue weighted by Crippen LogP contribution is -2.43. The first-order valence-corrected chi connectivity index (χ1v) is 10.9. The molecule has 0 amide bonds. The van der Waals surface area contributed by atoms with Gasteiger partial charge in [0, 0.05) is 23.1 Å². The zero-order valence-corrected chi connectivity index (χ0v) is 18.6. The van der Waals surface area contributed by atoms with Crippen molar-refractivity contribution in [1.82, 2.24) is 4.90 Å². The van der Waals surface area contributed by atoms with Crippen LogP contribution in [0.1, 0.15) is 17.5 Å². The summed E-state index contributed by atoms with van der Waals surface area (Å²) in [7, 11) is 1.68. The van der Waals surface area contributed by atoms with Gasteiger partial charge in [-0.25, -0.2) is 0 Å². The van der Waals surface area contributed by atoms with Crippen LogP contribution in [-0.2, 0) is 5.54 Å². The second-order valence-electron chi connectivity index (χ2n) is 7.68. The minimum Gasteiger partial charge on any atom is -0.497 e. The Morgan fingerprint density at radius 2 is 1.65 bits per heavy atom. The Labute approximate surface area is 191 Å². The van der Waals surface area contributed by atoms with Gasteiger partial charge in [0.05, 0.1) is 13.4 Å².